The molecule has 0 aliphatic carbocycles. The summed E-state index contributed by atoms with van der Waals surface area (Å²) < 4.78 is 34.2. The van der Waals surface area contributed by atoms with Crippen LogP contribution in [-0.4, -0.2) is 41.2 Å². The van der Waals surface area contributed by atoms with Crippen LogP contribution in [0.15, 0.2) is 18.2 Å². The molecule has 2 heterocycles. The van der Waals surface area contributed by atoms with Gasteiger partial charge in [0.25, 0.3) is 0 Å². The van der Waals surface area contributed by atoms with Crippen LogP contribution in [0, 0.1) is 15.6 Å². The largest absolute Gasteiger partial charge is 0.386 e. The standard InChI is InChI=1S/C14H15F2N3O2S2/c15-9-1-2-11(16)10(7-9)12(20)8-19-14(22)23-13(17-19)18-3-5-21-6-4-18/h1-2,7,12,20H,3-6,8H2/t12-/m0/s1. The first kappa shape index (κ1) is 16.4. The third-order valence-corrected chi connectivity index (χ3v) is 4.91. The number of halogens is 2. The molecule has 0 unspecified atom stereocenters. The van der Waals surface area contributed by atoms with Crippen LogP contribution >= 0.6 is 23.6 Å². The van der Waals surface area contributed by atoms with Crippen molar-refractivity contribution in [2.24, 2.45) is 0 Å². The average Bonchev–Trinajstić information content (AvgIpc) is 2.91. The summed E-state index contributed by atoms with van der Waals surface area (Å²) >= 11 is 6.57. The number of nitrogens with zero attached hydrogens (tertiary/aromatic N) is 3. The number of rotatable bonds is 4. The Bertz CT molecular complexity index is 744. The molecule has 0 radical (unpaired) electrons. The van der Waals surface area contributed by atoms with Gasteiger partial charge in [0.05, 0.1) is 19.8 Å². The van der Waals surface area contributed by atoms with Crippen molar-refractivity contribution in [3.8, 4) is 0 Å². The molecule has 1 aromatic heterocycles. The molecule has 1 fully saturated rings. The Labute approximate surface area is 140 Å². The third kappa shape index (κ3) is 3.74. The molecule has 0 spiro atoms. The van der Waals surface area contributed by atoms with E-state index in [0.29, 0.717) is 17.2 Å². The van der Waals surface area contributed by atoms with Crippen LogP contribution < -0.4 is 4.90 Å². The van der Waals surface area contributed by atoms with E-state index in [2.05, 4.69) is 10.00 Å². The smallest absolute Gasteiger partial charge is 0.207 e. The lowest BCUT2D eigenvalue weighted by Gasteiger charge is -2.25. The molecule has 0 saturated carbocycles. The molecule has 9 heteroatoms. The number of benzene rings is 1. The van der Waals surface area contributed by atoms with Gasteiger partial charge in [-0.1, -0.05) is 11.3 Å². The van der Waals surface area contributed by atoms with E-state index in [1.807, 2.05) is 0 Å². The van der Waals surface area contributed by atoms with Gasteiger partial charge < -0.3 is 14.7 Å². The zero-order chi connectivity index (χ0) is 16.4. The van der Waals surface area contributed by atoms with Gasteiger partial charge in [0.15, 0.2) is 3.95 Å². The second-order valence-electron chi connectivity index (χ2n) is 5.11. The lowest BCUT2D eigenvalue weighted by atomic mass is 10.1. The minimum Gasteiger partial charge on any atom is -0.386 e. The summed E-state index contributed by atoms with van der Waals surface area (Å²) in [5.41, 5.74) is -0.104. The summed E-state index contributed by atoms with van der Waals surface area (Å²) in [5.74, 6) is -1.26. The van der Waals surface area contributed by atoms with Gasteiger partial charge in [-0.15, -0.1) is 5.10 Å². The van der Waals surface area contributed by atoms with Gasteiger partial charge in [-0.25, -0.2) is 13.5 Å². The lowest BCUT2D eigenvalue weighted by molar-refractivity contribution is 0.122. The molecule has 0 bridgehead atoms. The van der Waals surface area contributed by atoms with Crippen molar-refractivity contribution < 1.29 is 18.6 Å². The van der Waals surface area contributed by atoms with Crippen molar-refractivity contribution in [3.63, 3.8) is 0 Å². The predicted octanol–water partition coefficient (Wildman–Crippen LogP) is 2.52. The highest BCUT2D eigenvalue weighted by molar-refractivity contribution is 7.73. The molecule has 1 aliphatic heterocycles. The molecule has 1 N–H and O–H groups in total. The molecule has 3 rings (SSSR count). The Hall–Kier alpha value is -1.42. The van der Waals surface area contributed by atoms with E-state index in [-0.39, 0.29) is 12.1 Å². The number of morpholine rings is 1. The Kier molecular flexibility index (Phi) is 5.00. The maximum Gasteiger partial charge on any atom is 0.207 e. The van der Waals surface area contributed by atoms with E-state index in [0.717, 1.165) is 36.4 Å². The van der Waals surface area contributed by atoms with Crippen molar-refractivity contribution in [1.82, 2.24) is 9.78 Å². The highest BCUT2D eigenvalue weighted by Crippen LogP contribution is 2.24. The molecule has 124 valence electrons. The van der Waals surface area contributed by atoms with E-state index < -0.39 is 17.7 Å². The number of ether oxygens (including phenoxy) is 1. The minimum atomic E-state index is -1.22. The lowest BCUT2D eigenvalue weighted by Crippen LogP contribution is -2.36. The fraction of sp³-hybridized carbons (Fsp3) is 0.429. The molecule has 0 amide bonds. The molecule has 5 nitrogen and oxygen atoms in total. The van der Waals surface area contributed by atoms with Gasteiger partial charge in [-0.05, 0) is 30.4 Å². The van der Waals surface area contributed by atoms with Gasteiger partial charge in [-0.2, -0.15) is 0 Å². The van der Waals surface area contributed by atoms with E-state index >= 15 is 0 Å². The number of aliphatic hydroxyl groups excluding tert-OH is 1. The topological polar surface area (TPSA) is 50.5 Å². The van der Waals surface area contributed by atoms with Crippen molar-refractivity contribution in [1.29, 1.82) is 0 Å². The Morgan fingerprint density at radius 2 is 2.09 bits per heavy atom. The molecule has 1 atom stereocenters. The maximum atomic E-state index is 13.7. The predicted molar refractivity (Wildman–Crippen MR) is 85.3 cm³/mol. The fourth-order valence-electron chi connectivity index (χ4n) is 2.33. The minimum absolute atomic E-state index is 0.0277. The van der Waals surface area contributed by atoms with Crippen LogP contribution in [0.25, 0.3) is 0 Å². The van der Waals surface area contributed by atoms with Gasteiger partial charge in [0, 0.05) is 18.7 Å². The molecule has 23 heavy (non-hydrogen) atoms. The zero-order valence-electron chi connectivity index (χ0n) is 12.1. The highest BCUT2D eigenvalue weighted by Gasteiger charge is 2.19. The van der Waals surface area contributed by atoms with Crippen molar-refractivity contribution in [2.75, 3.05) is 31.2 Å². The molecule has 1 aliphatic rings. The van der Waals surface area contributed by atoms with Gasteiger partial charge in [-0.3, -0.25) is 0 Å². The molecule has 1 aromatic carbocycles. The summed E-state index contributed by atoms with van der Waals surface area (Å²) in [6.07, 6.45) is -1.22. The quantitative estimate of drug-likeness (QED) is 0.850. The van der Waals surface area contributed by atoms with Crippen molar-refractivity contribution in [2.45, 2.75) is 12.6 Å². The van der Waals surface area contributed by atoms with Crippen LogP contribution in [0.5, 0.6) is 0 Å². The number of hydrogen-bond acceptors (Lipinski definition) is 6. The van der Waals surface area contributed by atoms with E-state index in [9.17, 15) is 13.9 Å². The van der Waals surface area contributed by atoms with Crippen LogP contribution in [-0.2, 0) is 11.3 Å². The second-order valence-corrected chi connectivity index (χ2v) is 6.71. The van der Waals surface area contributed by atoms with Crippen molar-refractivity contribution in [3.05, 3.63) is 39.4 Å². The third-order valence-electron chi connectivity index (χ3n) is 3.54. The maximum absolute atomic E-state index is 13.7. The first-order chi connectivity index (χ1) is 11.0. The van der Waals surface area contributed by atoms with Crippen molar-refractivity contribution >= 4 is 28.7 Å². The Morgan fingerprint density at radius 1 is 1.35 bits per heavy atom. The van der Waals surface area contributed by atoms with E-state index in [1.165, 1.54) is 16.0 Å². The van der Waals surface area contributed by atoms with Crippen LogP contribution in [0.4, 0.5) is 13.9 Å². The first-order valence-electron chi connectivity index (χ1n) is 7.08. The second kappa shape index (κ2) is 7.00. The molecule has 1 saturated heterocycles. The SMILES string of the molecule is O[C@@H](Cn1nc(N2CCOCC2)sc1=S)c1cc(F)ccc1F. The van der Waals surface area contributed by atoms with E-state index in [4.69, 9.17) is 17.0 Å². The average molecular weight is 359 g/mol. The fourth-order valence-corrected chi connectivity index (χ4v) is 3.49. The number of aromatic nitrogens is 2. The summed E-state index contributed by atoms with van der Waals surface area (Å²) in [7, 11) is 0. The number of aliphatic hydroxyl groups is 1. The van der Waals surface area contributed by atoms with E-state index in [1.54, 1.807) is 0 Å². The first-order valence-corrected chi connectivity index (χ1v) is 8.31. The molecule has 2 aromatic rings. The van der Waals surface area contributed by atoms with Gasteiger partial charge in [0.1, 0.15) is 17.7 Å². The number of anilines is 1. The summed E-state index contributed by atoms with van der Waals surface area (Å²) in [5, 5.41) is 15.3. The monoisotopic (exact) mass is 359 g/mol. The zero-order valence-corrected chi connectivity index (χ0v) is 13.7. The van der Waals surface area contributed by atoms with Crippen LogP contribution in [0.1, 0.15) is 11.7 Å². The Morgan fingerprint density at radius 3 is 2.83 bits per heavy atom. The normalized spacial score (nSPS) is 16.6. The van der Waals surface area contributed by atoms with Gasteiger partial charge in [0.2, 0.25) is 5.13 Å². The summed E-state index contributed by atoms with van der Waals surface area (Å²) in [4.78, 5) is 2.05. The van der Waals surface area contributed by atoms with Crippen LogP contribution in [0.2, 0.25) is 0 Å². The molecular weight excluding hydrogens is 344 g/mol. The van der Waals surface area contributed by atoms with Gasteiger partial charge >= 0.3 is 0 Å². The number of hydrogen-bond donors (Lipinski definition) is 1. The van der Waals surface area contributed by atoms with Crippen LogP contribution in [0.3, 0.4) is 0 Å². The summed E-state index contributed by atoms with van der Waals surface area (Å²) in [6, 6.07) is 2.99. The molecular formula is C14H15F2N3O2S2. The highest BCUT2D eigenvalue weighted by atomic mass is 32.1. The summed E-state index contributed by atoms with van der Waals surface area (Å²) in [6.45, 7) is 2.68. The Balaban J connectivity index is 1.78.